The number of esters is 2. The minimum absolute atomic E-state index is 0.0800. The van der Waals surface area contributed by atoms with Gasteiger partial charge in [-0.2, -0.15) is 9.97 Å². The predicted molar refractivity (Wildman–Crippen MR) is 87.6 cm³/mol. The second-order valence-corrected chi connectivity index (χ2v) is 5.26. The number of nitrogens with zero attached hydrogens (tertiary/aromatic N) is 3. The Balaban J connectivity index is 1.95. The van der Waals surface area contributed by atoms with Gasteiger partial charge in [0.25, 0.3) is 6.01 Å². The molecule has 0 aliphatic rings. The SMILES string of the molecule is CCC(=O)OCC(COC(=O)CC)COc1nc2nc(N)ncc2[nH]1. The van der Waals surface area contributed by atoms with E-state index in [1.807, 2.05) is 0 Å². The van der Waals surface area contributed by atoms with Crippen LogP contribution in [0.2, 0.25) is 0 Å². The first-order valence-corrected chi connectivity index (χ1v) is 7.94. The first-order chi connectivity index (χ1) is 12.0. The largest absolute Gasteiger partial charge is 0.465 e. The molecule has 0 aromatic carbocycles. The number of anilines is 1. The monoisotopic (exact) mass is 351 g/mol. The van der Waals surface area contributed by atoms with Gasteiger partial charge in [0.2, 0.25) is 5.95 Å². The average Bonchev–Trinajstić information content (AvgIpc) is 3.02. The molecule has 25 heavy (non-hydrogen) atoms. The maximum absolute atomic E-state index is 11.3. The third kappa shape index (κ3) is 5.59. The summed E-state index contributed by atoms with van der Waals surface area (Å²) < 4.78 is 15.8. The number of aromatic nitrogens is 4. The van der Waals surface area contributed by atoms with Crippen molar-refractivity contribution in [3.63, 3.8) is 0 Å². The topological polar surface area (TPSA) is 142 Å². The van der Waals surface area contributed by atoms with Gasteiger partial charge in [-0.05, 0) is 0 Å². The molecule has 0 saturated carbocycles. The summed E-state index contributed by atoms with van der Waals surface area (Å²) >= 11 is 0. The summed E-state index contributed by atoms with van der Waals surface area (Å²) in [5, 5.41) is 0. The summed E-state index contributed by atoms with van der Waals surface area (Å²) in [5.74, 6) is -0.876. The van der Waals surface area contributed by atoms with Gasteiger partial charge in [-0.1, -0.05) is 13.8 Å². The fraction of sp³-hybridized carbons (Fsp3) is 0.533. The number of carbonyl (C=O) groups is 2. The number of nitrogens with one attached hydrogen (secondary N) is 1. The first-order valence-electron chi connectivity index (χ1n) is 7.94. The number of hydrogen-bond acceptors (Lipinski definition) is 9. The summed E-state index contributed by atoms with van der Waals surface area (Å²) in [4.78, 5) is 37.5. The molecule has 10 nitrogen and oxygen atoms in total. The van der Waals surface area contributed by atoms with Crippen molar-refractivity contribution in [1.82, 2.24) is 19.9 Å². The smallest absolute Gasteiger partial charge is 0.305 e. The van der Waals surface area contributed by atoms with Crippen LogP contribution < -0.4 is 10.5 Å². The lowest BCUT2D eigenvalue weighted by Gasteiger charge is -2.16. The number of fused-ring (bicyclic) bond motifs is 1. The van der Waals surface area contributed by atoms with Crippen molar-refractivity contribution in [2.75, 3.05) is 25.6 Å². The fourth-order valence-corrected chi connectivity index (χ4v) is 1.83. The van der Waals surface area contributed by atoms with Crippen LogP contribution in [0.4, 0.5) is 5.95 Å². The molecular formula is C15H21N5O5. The highest BCUT2D eigenvalue weighted by Gasteiger charge is 2.16. The van der Waals surface area contributed by atoms with E-state index >= 15 is 0 Å². The molecule has 2 aromatic heterocycles. The van der Waals surface area contributed by atoms with Crippen LogP contribution in [0, 0.1) is 5.92 Å². The minimum atomic E-state index is -0.332. The molecule has 0 atom stereocenters. The Kier molecular flexibility index (Phi) is 6.49. The van der Waals surface area contributed by atoms with Crippen molar-refractivity contribution in [2.24, 2.45) is 5.92 Å². The van der Waals surface area contributed by atoms with E-state index in [0.29, 0.717) is 11.2 Å². The van der Waals surface area contributed by atoms with E-state index in [1.165, 1.54) is 6.20 Å². The number of hydrogen-bond donors (Lipinski definition) is 2. The van der Waals surface area contributed by atoms with Gasteiger partial charge in [0.15, 0.2) is 5.65 Å². The number of ether oxygens (including phenoxy) is 3. The summed E-state index contributed by atoms with van der Waals surface area (Å²) in [6, 6.07) is 0.225. The van der Waals surface area contributed by atoms with Crippen LogP contribution in [0.15, 0.2) is 6.20 Å². The van der Waals surface area contributed by atoms with Crippen molar-refractivity contribution < 1.29 is 23.8 Å². The molecule has 0 aliphatic heterocycles. The molecule has 10 heteroatoms. The molecule has 2 aromatic rings. The molecule has 136 valence electrons. The van der Waals surface area contributed by atoms with Crippen LogP contribution in [0.3, 0.4) is 0 Å². The van der Waals surface area contributed by atoms with Crippen LogP contribution in [-0.4, -0.2) is 51.7 Å². The Morgan fingerprint density at radius 1 is 1.12 bits per heavy atom. The third-order valence-corrected chi connectivity index (χ3v) is 3.23. The zero-order valence-corrected chi connectivity index (χ0v) is 14.2. The third-order valence-electron chi connectivity index (χ3n) is 3.23. The molecule has 0 aliphatic carbocycles. The second kappa shape index (κ2) is 8.81. The second-order valence-electron chi connectivity index (χ2n) is 5.26. The molecule has 0 amide bonds. The van der Waals surface area contributed by atoms with Gasteiger partial charge in [0, 0.05) is 12.8 Å². The van der Waals surface area contributed by atoms with E-state index < -0.39 is 0 Å². The van der Waals surface area contributed by atoms with E-state index in [-0.39, 0.29) is 62.5 Å². The number of aromatic amines is 1. The van der Waals surface area contributed by atoms with E-state index in [1.54, 1.807) is 13.8 Å². The lowest BCUT2D eigenvalue weighted by molar-refractivity contribution is -0.149. The number of nitrogen functional groups attached to an aromatic ring is 1. The van der Waals surface area contributed by atoms with Crippen LogP contribution in [0.25, 0.3) is 11.2 Å². The highest BCUT2D eigenvalue weighted by molar-refractivity contribution is 5.71. The van der Waals surface area contributed by atoms with E-state index in [2.05, 4.69) is 19.9 Å². The number of H-pyrrole nitrogens is 1. The fourth-order valence-electron chi connectivity index (χ4n) is 1.83. The van der Waals surface area contributed by atoms with Gasteiger partial charge >= 0.3 is 11.9 Å². The molecule has 0 fully saturated rings. The van der Waals surface area contributed by atoms with Gasteiger partial charge in [-0.3, -0.25) is 9.59 Å². The quantitative estimate of drug-likeness (QED) is 0.628. The summed E-state index contributed by atoms with van der Waals surface area (Å²) in [6.45, 7) is 3.70. The van der Waals surface area contributed by atoms with Crippen LogP contribution in [0.1, 0.15) is 26.7 Å². The van der Waals surface area contributed by atoms with E-state index in [0.717, 1.165) is 0 Å². The maximum Gasteiger partial charge on any atom is 0.305 e. The van der Waals surface area contributed by atoms with Crippen molar-refractivity contribution in [3.05, 3.63) is 6.20 Å². The van der Waals surface area contributed by atoms with Crippen LogP contribution in [-0.2, 0) is 19.1 Å². The normalized spacial score (nSPS) is 10.8. The highest BCUT2D eigenvalue weighted by atomic mass is 16.6. The number of rotatable bonds is 9. The summed E-state index contributed by atoms with van der Waals surface area (Å²) in [7, 11) is 0. The van der Waals surface area contributed by atoms with E-state index in [9.17, 15) is 9.59 Å². The zero-order chi connectivity index (χ0) is 18.2. The highest BCUT2D eigenvalue weighted by Crippen LogP contribution is 2.14. The molecule has 2 rings (SSSR count). The summed E-state index contributed by atoms with van der Waals surface area (Å²) in [5.41, 5.74) is 6.47. The Bertz CT molecular complexity index is 712. The molecule has 0 bridgehead atoms. The van der Waals surface area contributed by atoms with Crippen molar-refractivity contribution in [1.29, 1.82) is 0 Å². The summed E-state index contributed by atoms with van der Waals surface area (Å²) in [6.07, 6.45) is 2.04. The number of nitrogens with two attached hydrogens (primary N) is 1. The molecule has 0 spiro atoms. The predicted octanol–water partition coefficient (Wildman–Crippen LogP) is 0.836. The van der Waals surface area contributed by atoms with Gasteiger partial charge in [0.1, 0.15) is 25.3 Å². The van der Waals surface area contributed by atoms with Gasteiger partial charge in [0.05, 0.1) is 12.1 Å². The minimum Gasteiger partial charge on any atom is -0.465 e. The van der Waals surface area contributed by atoms with Gasteiger partial charge in [-0.15, -0.1) is 0 Å². The Morgan fingerprint density at radius 3 is 2.36 bits per heavy atom. The number of imidazole rings is 1. The van der Waals surface area contributed by atoms with Crippen molar-refractivity contribution in [3.8, 4) is 6.01 Å². The molecule has 0 saturated heterocycles. The lowest BCUT2D eigenvalue weighted by atomic mass is 10.2. The lowest BCUT2D eigenvalue weighted by Crippen LogP contribution is -2.26. The van der Waals surface area contributed by atoms with Gasteiger partial charge in [-0.25, -0.2) is 4.98 Å². The van der Waals surface area contributed by atoms with Crippen molar-refractivity contribution >= 4 is 29.1 Å². The zero-order valence-electron chi connectivity index (χ0n) is 14.2. The Hall–Kier alpha value is -2.91. The van der Waals surface area contributed by atoms with Crippen LogP contribution in [0.5, 0.6) is 6.01 Å². The van der Waals surface area contributed by atoms with E-state index in [4.69, 9.17) is 19.9 Å². The molecule has 0 radical (unpaired) electrons. The Labute approximate surface area is 144 Å². The van der Waals surface area contributed by atoms with Gasteiger partial charge < -0.3 is 24.9 Å². The first kappa shape index (κ1) is 18.4. The van der Waals surface area contributed by atoms with Crippen molar-refractivity contribution in [2.45, 2.75) is 26.7 Å². The average molecular weight is 351 g/mol. The molecule has 0 unspecified atom stereocenters. The Morgan fingerprint density at radius 2 is 1.76 bits per heavy atom. The molecular weight excluding hydrogens is 330 g/mol. The standard InChI is InChI=1S/C15H21N5O5/c1-3-11(21)23-6-9(7-24-12(22)4-2)8-25-15-18-10-5-17-14(16)19-13(10)20-15/h5,9H,3-4,6-8H2,1-2H3,(H3,16,17,18,19,20). The maximum atomic E-state index is 11.3. The number of carbonyl (C=O) groups excluding carboxylic acids is 2. The van der Waals surface area contributed by atoms with Crippen LogP contribution >= 0.6 is 0 Å². The molecule has 3 N–H and O–H groups in total. The molecule has 2 heterocycles.